The molecule has 0 aliphatic heterocycles. The number of hydrogen-bond acceptors (Lipinski definition) is 2. The molecule has 0 spiro atoms. The van der Waals surface area contributed by atoms with E-state index in [0.29, 0.717) is 5.75 Å². The standard InChI is InChI=1S/2C8H10O/c1-2-7-5-3-4-6-8(7)9;9-7-6-8-4-2-1-3-5-8/h3-6,9H,2H2,1H3;1-5,9H,6-7H2. The van der Waals surface area contributed by atoms with Crippen LogP contribution in [0.15, 0.2) is 54.6 Å². The molecule has 2 rings (SSSR count). The number of aliphatic hydroxyl groups excluding tert-OH is 1. The van der Waals surface area contributed by atoms with Crippen LogP contribution in [-0.2, 0) is 12.8 Å². The lowest BCUT2D eigenvalue weighted by atomic mass is 10.1. The van der Waals surface area contributed by atoms with Gasteiger partial charge in [-0.15, -0.1) is 0 Å². The quantitative estimate of drug-likeness (QED) is 0.870. The van der Waals surface area contributed by atoms with Gasteiger partial charge in [-0.2, -0.15) is 0 Å². The van der Waals surface area contributed by atoms with E-state index in [9.17, 15) is 0 Å². The van der Waals surface area contributed by atoms with Crippen molar-refractivity contribution in [1.82, 2.24) is 0 Å². The third kappa shape index (κ3) is 5.02. The maximum absolute atomic E-state index is 9.11. The minimum Gasteiger partial charge on any atom is -0.508 e. The topological polar surface area (TPSA) is 40.5 Å². The molecule has 2 aromatic carbocycles. The van der Waals surface area contributed by atoms with Gasteiger partial charge in [-0.05, 0) is 30.0 Å². The van der Waals surface area contributed by atoms with Crippen molar-refractivity contribution in [3.63, 3.8) is 0 Å². The summed E-state index contributed by atoms with van der Waals surface area (Å²) in [4.78, 5) is 0. The predicted molar refractivity (Wildman–Crippen MR) is 74.7 cm³/mol. The summed E-state index contributed by atoms with van der Waals surface area (Å²) in [6, 6.07) is 17.3. The maximum Gasteiger partial charge on any atom is 0.118 e. The Hall–Kier alpha value is -1.80. The fraction of sp³-hybridized carbons (Fsp3) is 0.250. The van der Waals surface area contributed by atoms with E-state index in [1.807, 2.05) is 55.5 Å². The Kier molecular flexibility index (Phi) is 6.59. The molecule has 0 fully saturated rings. The summed E-state index contributed by atoms with van der Waals surface area (Å²) < 4.78 is 0. The summed E-state index contributed by atoms with van der Waals surface area (Å²) in [6.45, 7) is 2.26. The van der Waals surface area contributed by atoms with Gasteiger partial charge in [0.1, 0.15) is 5.75 Å². The van der Waals surface area contributed by atoms with Crippen molar-refractivity contribution >= 4 is 0 Å². The lowest BCUT2D eigenvalue weighted by Gasteiger charge is -1.97. The van der Waals surface area contributed by atoms with Gasteiger partial charge in [-0.3, -0.25) is 0 Å². The Morgan fingerprint density at radius 1 is 0.889 bits per heavy atom. The summed E-state index contributed by atoms with van der Waals surface area (Å²) in [6.07, 6.45) is 1.66. The Balaban J connectivity index is 0.000000180. The zero-order valence-electron chi connectivity index (χ0n) is 10.7. The van der Waals surface area contributed by atoms with Gasteiger partial charge < -0.3 is 10.2 Å². The number of hydrogen-bond donors (Lipinski definition) is 2. The third-order valence-electron chi connectivity index (χ3n) is 2.62. The second kappa shape index (κ2) is 8.31. The number of aryl methyl sites for hydroxylation is 1. The van der Waals surface area contributed by atoms with Crippen LogP contribution in [0.2, 0.25) is 0 Å². The molecule has 0 aliphatic carbocycles. The van der Waals surface area contributed by atoms with Gasteiger partial charge in [-0.25, -0.2) is 0 Å². The molecular weight excluding hydrogens is 224 g/mol. The molecule has 0 aliphatic rings. The van der Waals surface area contributed by atoms with Gasteiger partial charge >= 0.3 is 0 Å². The van der Waals surface area contributed by atoms with Crippen LogP contribution < -0.4 is 0 Å². The molecule has 0 aromatic heterocycles. The highest BCUT2D eigenvalue weighted by Gasteiger charge is 1.92. The summed E-state index contributed by atoms with van der Waals surface area (Å²) >= 11 is 0. The van der Waals surface area contributed by atoms with Crippen molar-refractivity contribution in [2.45, 2.75) is 19.8 Å². The molecule has 2 heteroatoms. The van der Waals surface area contributed by atoms with Crippen LogP contribution in [0, 0.1) is 0 Å². The van der Waals surface area contributed by atoms with Gasteiger partial charge in [0.2, 0.25) is 0 Å². The second-order valence-corrected chi connectivity index (χ2v) is 3.94. The molecule has 0 heterocycles. The molecule has 0 amide bonds. The minimum atomic E-state index is 0.240. The van der Waals surface area contributed by atoms with Crippen LogP contribution in [0.4, 0.5) is 0 Å². The highest BCUT2D eigenvalue weighted by molar-refractivity contribution is 5.31. The van der Waals surface area contributed by atoms with Crippen LogP contribution in [-0.4, -0.2) is 16.8 Å². The number of para-hydroxylation sites is 1. The second-order valence-electron chi connectivity index (χ2n) is 3.94. The van der Waals surface area contributed by atoms with Crippen molar-refractivity contribution in [2.75, 3.05) is 6.61 Å². The predicted octanol–water partition coefficient (Wildman–Crippen LogP) is 3.18. The number of aliphatic hydroxyl groups is 1. The van der Waals surface area contributed by atoms with E-state index in [-0.39, 0.29) is 6.61 Å². The molecule has 0 unspecified atom stereocenters. The molecule has 2 N–H and O–H groups in total. The molecular formula is C16H20O2. The summed E-state index contributed by atoms with van der Waals surface area (Å²) in [5.41, 5.74) is 2.21. The van der Waals surface area contributed by atoms with Gasteiger partial charge in [0, 0.05) is 6.61 Å². The van der Waals surface area contributed by atoms with E-state index < -0.39 is 0 Å². The van der Waals surface area contributed by atoms with Crippen molar-refractivity contribution in [3.05, 3.63) is 65.7 Å². The summed E-state index contributed by atoms with van der Waals surface area (Å²) in [7, 11) is 0. The molecule has 2 aromatic rings. The average Bonchev–Trinajstić information content (AvgIpc) is 2.42. The molecule has 18 heavy (non-hydrogen) atoms. The summed E-state index contributed by atoms with van der Waals surface area (Å²) in [5.74, 6) is 0.403. The van der Waals surface area contributed by atoms with Gasteiger partial charge in [0.05, 0.1) is 0 Å². The number of aromatic hydroxyl groups is 1. The zero-order valence-corrected chi connectivity index (χ0v) is 10.7. The van der Waals surface area contributed by atoms with E-state index in [0.717, 1.165) is 18.4 Å². The first-order valence-electron chi connectivity index (χ1n) is 6.19. The van der Waals surface area contributed by atoms with Crippen molar-refractivity contribution in [3.8, 4) is 5.75 Å². The number of phenolic OH excluding ortho intramolecular Hbond substituents is 1. The molecule has 0 radical (unpaired) electrons. The average molecular weight is 244 g/mol. The highest BCUT2D eigenvalue weighted by atomic mass is 16.3. The maximum atomic E-state index is 9.11. The molecule has 96 valence electrons. The summed E-state index contributed by atoms with van der Waals surface area (Å²) in [5, 5.41) is 17.6. The molecule has 0 bridgehead atoms. The minimum absolute atomic E-state index is 0.240. The monoisotopic (exact) mass is 244 g/mol. The van der Waals surface area contributed by atoms with Gasteiger partial charge in [0.25, 0.3) is 0 Å². The van der Waals surface area contributed by atoms with Crippen LogP contribution in [0.1, 0.15) is 18.1 Å². The Morgan fingerprint density at radius 2 is 1.50 bits per heavy atom. The lowest BCUT2D eigenvalue weighted by molar-refractivity contribution is 0.299. The fourth-order valence-electron chi connectivity index (χ4n) is 1.58. The highest BCUT2D eigenvalue weighted by Crippen LogP contribution is 2.14. The van der Waals surface area contributed by atoms with Crippen molar-refractivity contribution < 1.29 is 10.2 Å². The van der Waals surface area contributed by atoms with E-state index in [1.54, 1.807) is 6.07 Å². The number of rotatable bonds is 3. The Morgan fingerprint density at radius 3 is 2.00 bits per heavy atom. The molecule has 0 atom stereocenters. The van der Waals surface area contributed by atoms with E-state index in [1.165, 1.54) is 5.56 Å². The zero-order chi connectivity index (χ0) is 13.2. The van der Waals surface area contributed by atoms with Crippen molar-refractivity contribution in [1.29, 1.82) is 0 Å². The molecule has 0 saturated heterocycles. The largest absolute Gasteiger partial charge is 0.508 e. The normalized spacial score (nSPS) is 9.44. The smallest absolute Gasteiger partial charge is 0.118 e. The van der Waals surface area contributed by atoms with Gasteiger partial charge in [0.15, 0.2) is 0 Å². The molecule has 0 saturated carbocycles. The number of phenols is 1. The third-order valence-corrected chi connectivity index (χ3v) is 2.62. The number of benzene rings is 2. The van der Waals surface area contributed by atoms with Crippen LogP contribution in [0.5, 0.6) is 5.75 Å². The van der Waals surface area contributed by atoms with E-state index >= 15 is 0 Å². The SMILES string of the molecule is CCc1ccccc1O.OCCc1ccccc1. The Labute approximate surface area is 109 Å². The molecule has 2 nitrogen and oxygen atoms in total. The van der Waals surface area contributed by atoms with Crippen LogP contribution >= 0.6 is 0 Å². The van der Waals surface area contributed by atoms with Crippen LogP contribution in [0.25, 0.3) is 0 Å². The van der Waals surface area contributed by atoms with E-state index in [4.69, 9.17) is 10.2 Å². The first kappa shape index (κ1) is 14.3. The fourth-order valence-corrected chi connectivity index (χ4v) is 1.58. The first-order valence-corrected chi connectivity index (χ1v) is 6.19. The van der Waals surface area contributed by atoms with Crippen molar-refractivity contribution in [2.24, 2.45) is 0 Å². The van der Waals surface area contributed by atoms with E-state index in [2.05, 4.69) is 0 Å². The lowest BCUT2D eigenvalue weighted by Crippen LogP contribution is -1.88. The van der Waals surface area contributed by atoms with Crippen LogP contribution in [0.3, 0.4) is 0 Å². The Bertz CT molecular complexity index is 438. The first-order chi connectivity index (χ1) is 8.77. The van der Waals surface area contributed by atoms with Gasteiger partial charge in [-0.1, -0.05) is 55.5 Å².